The maximum atomic E-state index is 13.9. The number of hydrogen-bond acceptors (Lipinski definition) is 3. The van der Waals surface area contributed by atoms with Gasteiger partial charge in [0.05, 0.1) is 0 Å². The van der Waals surface area contributed by atoms with Crippen molar-refractivity contribution in [3.8, 4) is 0 Å². The molecule has 2 saturated heterocycles. The molecular weight excluding hydrogens is 291 g/mol. The molecule has 21 heavy (non-hydrogen) atoms. The van der Waals surface area contributed by atoms with E-state index < -0.39 is 15.8 Å². The van der Waals surface area contributed by atoms with Crippen molar-refractivity contribution in [3.63, 3.8) is 0 Å². The monoisotopic (exact) mass is 312 g/mol. The topological polar surface area (TPSA) is 40.6 Å². The Balaban J connectivity index is 1.90. The summed E-state index contributed by atoms with van der Waals surface area (Å²) in [4.78, 5) is 2.17. The number of benzene rings is 1. The third-order valence-electron chi connectivity index (χ3n) is 4.55. The van der Waals surface area contributed by atoms with Crippen LogP contribution in [-0.2, 0) is 10.0 Å². The van der Waals surface area contributed by atoms with Crippen molar-refractivity contribution in [2.24, 2.45) is 0 Å². The average Bonchev–Trinajstić information content (AvgIpc) is 2.46. The molecule has 2 aliphatic heterocycles. The van der Waals surface area contributed by atoms with Crippen LogP contribution in [-0.4, -0.2) is 49.3 Å². The molecule has 0 saturated carbocycles. The highest BCUT2D eigenvalue weighted by Crippen LogP contribution is 2.29. The molecule has 0 aliphatic carbocycles. The third kappa shape index (κ3) is 2.72. The normalized spacial score (nSPS) is 28.3. The van der Waals surface area contributed by atoms with Gasteiger partial charge in [0.1, 0.15) is 10.7 Å². The standard InChI is InChI=1S/C15H21FN2O2S/c1-12-10-17-9-5-4-6-13(17)11-18(12)21(19,20)15-8-3-2-7-14(15)16/h2-3,7-8,12-13H,4-6,9-11H2,1H3. The molecule has 2 aliphatic rings. The smallest absolute Gasteiger partial charge is 0.246 e. The fourth-order valence-electron chi connectivity index (χ4n) is 3.44. The first-order valence-electron chi connectivity index (χ1n) is 7.50. The van der Waals surface area contributed by atoms with Crippen molar-refractivity contribution in [2.75, 3.05) is 19.6 Å². The molecule has 0 aromatic heterocycles. The minimum absolute atomic E-state index is 0.121. The van der Waals surface area contributed by atoms with E-state index in [2.05, 4.69) is 4.90 Å². The molecule has 2 fully saturated rings. The van der Waals surface area contributed by atoms with Gasteiger partial charge in [-0.05, 0) is 38.4 Å². The molecule has 4 nitrogen and oxygen atoms in total. The van der Waals surface area contributed by atoms with Crippen LogP contribution in [0.1, 0.15) is 26.2 Å². The Labute approximate surface area is 125 Å². The lowest BCUT2D eigenvalue weighted by Gasteiger charge is -2.46. The van der Waals surface area contributed by atoms with Crippen LogP contribution in [0.3, 0.4) is 0 Å². The molecule has 0 spiro atoms. The minimum Gasteiger partial charge on any atom is -0.297 e. The number of halogens is 1. The summed E-state index contributed by atoms with van der Waals surface area (Å²) >= 11 is 0. The molecule has 3 rings (SSSR count). The number of nitrogens with zero attached hydrogens (tertiary/aromatic N) is 2. The van der Waals surface area contributed by atoms with E-state index in [9.17, 15) is 12.8 Å². The molecule has 1 aromatic carbocycles. The average molecular weight is 312 g/mol. The van der Waals surface area contributed by atoms with E-state index in [0.717, 1.165) is 25.9 Å². The van der Waals surface area contributed by atoms with Gasteiger partial charge in [0.25, 0.3) is 0 Å². The molecule has 0 bridgehead atoms. The van der Waals surface area contributed by atoms with Crippen LogP contribution in [0.25, 0.3) is 0 Å². The lowest BCUT2D eigenvalue weighted by molar-refractivity contribution is 0.0563. The number of piperazine rings is 1. The summed E-state index contributed by atoms with van der Waals surface area (Å²) in [7, 11) is -3.76. The van der Waals surface area contributed by atoms with Crippen LogP contribution >= 0.6 is 0 Å². The molecule has 2 heterocycles. The SMILES string of the molecule is CC1CN2CCCCC2CN1S(=O)(=O)c1ccccc1F. The van der Waals surface area contributed by atoms with Crippen molar-refractivity contribution in [1.29, 1.82) is 0 Å². The van der Waals surface area contributed by atoms with E-state index in [4.69, 9.17) is 0 Å². The molecule has 2 unspecified atom stereocenters. The van der Waals surface area contributed by atoms with Crippen molar-refractivity contribution in [3.05, 3.63) is 30.1 Å². The molecule has 6 heteroatoms. The molecule has 2 atom stereocenters. The summed E-state index contributed by atoms with van der Waals surface area (Å²) in [6, 6.07) is 5.79. The van der Waals surface area contributed by atoms with Gasteiger partial charge in [0.2, 0.25) is 10.0 Å². The first kappa shape index (κ1) is 14.9. The Bertz CT molecular complexity index is 620. The van der Waals surface area contributed by atoms with E-state index in [1.807, 2.05) is 6.92 Å². The van der Waals surface area contributed by atoms with Crippen molar-refractivity contribution >= 4 is 10.0 Å². The highest BCUT2D eigenvalue weighted by molar-refractivity contribution is 7.89. The maximum Gasteiger partial charge on any atom is 0.246 e. The van der Waals surface area contributed by atoms with Crippen LogP contribution in [0, 0.1) is 5.82 Å². The molecule has 1 aromatic rings. The first-order valence-corrected chi connectivity index (χ1v) is 8.94. The minimum atomic E-state index is -3.76. The number of fused-ring (bicyclic) bond motifs is 1. The van der Waals surface area contributed by atoms with Crippen molar-refractivity contribution < 1.29 is 12.8 Å². The summed E-state index contributed by atoms with van der Waals surface area (Å²) in [6.07, 6.45) is 3.35. The van der Waals surface area contributed by atoms with Crippen LogP contribution in [0.15, 0.2) is 29.2 Å². The summed E-state index contributed by atoms with van der Waals surface area (Å²) in [5.74, 6) is -0.671. The lowest BCUT2D eigenvalue weighted by atomic mass is 9.99. The zero-order valence-corrected chi connectivity index (χ0v) is 13.0. The lowest BCUT2D eigenvalue weighted by Crippen LogP contribution is -2.59. The van der Waals surface area contributed by atoms with Crippen molar-refractivity contribution in [2.45, 2.75) is 43.2 Å². The molecule has 116 valence electrons. The Hall–Kier alpha value is -0.980. The van der Waals surface area contributed by atoms with E-state index in [1.165, 1.54) is 28.9 Å². The maximum absolute atomic E-state index is 13.9. The number of rotatable bonds is 2. The fourth-order valence-corrected chi connectivity index (χ4v) is 5.17. The highest BCUT2D eigenvalue weighted by Gasteiger charge is 2.40. The number of hydrogen-bond donors (Lipinski definition) is 0. The fraction of sp³-hybridized carbons (Fsp3) is 0.600. The van der Waals surface area contributed by atoms with Gasteiger partial charge < -0.3 is 0 Å². The number of sulfonamides is 1. The van der Waals surface area contributed by atoms with Gasteiger partial charge in [-0.15, -0.1) is 0 Å². The van der Waals surface area contributed by atoms with Gasteiger partial charge in [0.15, 0.2) is 0 Å². The van der Waals surface area contributed by atoms with Crippen LogP contribution < -0.4 is 0 Å². The summed E-state index contributed by atoms with van der Waals surface area (Å²) in [6.45, 7) is 4.15. The van der Waals surface area contributed by atoms with Gasteiger partial charge >= 0.3 is 0 Å². The Morgan fingerprint density at radius 3 is 2.71 bits per heavy atom. The Morgan fingerprint density at radius 2 is 1.95 bits per heavy atom. The van der Waals surface area contributed by atoms with Gasteiger partial charge in [-0.25, -0.2) is 12.8 Å². The predicted molar refractivity (Wildman–Crippen MR) is 79.0 cm³/mol. The van der Waals surface area contributed by atoms with E-state index in [1.54, 1.807) is 6.07 Å². The van der Waals surface area contributed by atoms with E-state index in [-0.39, 0.29) is 17.0 Å². The van der Waals surface area contributed by atoms with E-state index in [0.29, 0.717) is 6.54 Å². The van der Waals surface area contributed by atoms with E-state index >= 15 is 0 Å². The van der Waals surface area contributed by atoms with Crippen molar-refractivity contribution in [1.82, 2.24) is 9.21 Å². The van der Waals surface area contributed by atoms with Crippen LogP contribution in [0.5, 0.6) is 0 Å². The largest absolute Gasteiger partial charge is 0.297 e. The zero-order valence-electron chi connectivity index (χ0n) is 12.2. The summed E-state index contributed by atoms with van der Waals surface area (Å²) in [5, 5.41) is 0. The van der Waals surface area contributed by atoms with Gasteiger partial charge in [-0.2, -0.15) is 4.31 Å². The van der Waals surface area contributed by atoms with Gasteiger partial charge in [0, 0.05) is 25.2 Å². The Morgan fingerprint density at radius 1 is 1.19 bits per heavy atom. The van der Waals surface area contributed by atoms with Crippen LogP contribution in [0.2, 0.25) is 0 Å². The molecular formula is C15H21FN2O2S. The zero-order chi connectivity index (χ0) is 15.0. The van der Waals surface area contributed by atoms with Crippen LogP contribution in [0.4, 0.5) is 4.39 Å². The Kier molecular flexibility index (Phi) is 4.03. The second kappa shape index (κ2) is 5.66. The first-order chi connectivity index (χ1) is 10.00. The predicted octanol–water partition coefficient (Wildman–Crippen LogP) is 2.07. The second-order valence-electron chi connectivity index (χ2n) is 6.00. The van der Waals surface area contributed by atoms with Gasteiger partial charge in [-0.1, -0.05) is 18.6 Å². The summed E-state index contributed by atoms with van der Waals surface area (Å²) < 4.78 is 40.9. The molecule has 0 amide bonds. The third-order valence-corrected chi connectivity index (χ3v) is 6.57. The van der Waals surface area contributed by atoms with Gasteiger partial charge in [-0.3, -0.25) is 4.90 Å². The number of piperidine rings is 1. The summed E-state index contributed by atoms with van der Waals surface area (Å²) in [5.41, 5.74) is 0. The quantitative estimate of drug-likeness (QED) is 0.839. The second-order valence-corrected chi connectivity index (χ2v) is 7.86. The molecule has 0 radical (unpaired) electrons. The molecule has 0 N–H and O–H groups in total. The highest BCUT2D eigenvalue weighted by atomic mass is 32.2.